The summed E-state index contributed by atoms with van der Waals surface area (Å²) in [6.45, 7) is 0.374. The lowest BCUT2D eigenvalue weighted by Gasteiger charge is -2.08. The molecule has 0 atom stereocenters. The minimum absolute atomic E-state index is 0.0963. The molecule has 22 heavy (non-hydrogen) atoms. The van der Waals surface area contributed by atoms with Gasteiger partial charge in [-0.15, -0.1) is 0 Å². The maximum absolute atomic E-state index is 12.0. The molecule has 1 amide bonds. The first-order valence-electron chi connectivity index (χ1n) is 7.16. The smallest absolute Gasteiger partial charge is 0.250 e. The molecule has 1 N–H and O–H groups in total. The fourth-order valence-corrected chi connectivity index (χ4v) is 2.36. The Morgan fingerprint density at radius 1 is 0.955 bits per heavy atom. The zero-order valence-corrected chi connectivity index (χ0v) is 12.0. The Balaban J connectivity index is 1.65. The molecular formula is C18H16N2O2. The van der Waals surface area contributed by atoms with Gasteiger partial charge in [0.05, 0.1) is 0 Å². The number of carbonyl (C=O) groups is 1. The standard InChI is InChI=1S/C18H16N2O2/c21-17(10-12-20-11-4-3-7-18(20)22)19-16-9-8-14-5-1-2-6-15(14)13-16/h1-9,11,13H,10,12H2,(H,19,21). The predicted molar refractivity (Wildman–Crippen MR) is 87.9 cm³/mol. The number of carbonyl (C=O) groups excluding carboxylic acids is 1. The largest absolute Gasteiger partial charge is 0.326 e. The van der Waals surface area contributed by atoms with Crippen LogP contribution in [0.4, 0.5) is 5.69 Å². The first-order chi connectivity index (χ1) is 10.7. The summed E-state index contributed by atoms with van der Waals surface area (Å²) in [5, 5.41) is 5.09. The van der Waals surface area contributed by atoms with Gasteiger partial charge in [-0.2, -0.15) is 0 Å². The van der Waals surface area contributed by atoms with E-state index in [0.29, 0.717) is 6.54 Å². The highest BCUT2D eigenvalue weighted by Gasteiger charge is 2.04. The Hall–Kier alpha value is -2.88. The second kappa shape index (κ2) is 6.26. The number of hydrogen-bond acceptors (Lipinski definition) is 2. The van der Waals surface area contributed by atoms with Gasteiger partial charge in [-0.05, 0) is 29.0 Å². The Kier molecular flexibility index (Phi) is 4.01. The van der Waals surface area contributed by atoms with Crippen LogP contribution >= 0.6 is 0 Å². The van der Waals surface area contributed by atoms with E-state index in [4.69, 9.17) is 0 Å². The van der Waals surface area contributed by atoms with E-state index in [1.54, 1.807) is 18.3 Å². The van der Waals surface area contributed by atoms with Crippen LogP contribution in [0.5, 0.6) is 0 Å². The predicted octanol–water partition coefficient (Wildman–Crippen LogP) is 3.03. The van der Waals surface area contributed by atoms with E-state index in [-0.39, 0.29) is 17.9 Å². The molecular weight excluding hydrogens is 276 g/mol. The number of fused-ring (bicyclic) bond motifs is 1. The number of pyridine rings is 1. The Morgan fingerprint density at radius 3 is 2.55 bits per heavy atom. The van der Waals surface area contributed by atoms with Gasteiger partial charge in [0.1, 0.15) is 0 Å². The molecule has 0 aliphatic carbocycles. The third kappa shape index (κ3) is 3.23. The normalized spacial score (nSPS) is 10.5. The average Bonchev–Trinajstić information content (AvgIpc) is 2.54. The molecule has 0 aliphatic rings. The van der Waals surface area contributed by atoms with Crippen LogP contribution in [-0.4, -0.2) is 10.5 Å². The molecule has 1 heterocycles. The lowest BCUT2D eigenvalue weighted by Crippen LogP contribution is -2.21. The third-order valence-electron chi connectivity index (χ3n) is 3.51. The summed E-state index contributed by atoms with van der Waals surface area (Å²) in [4.78, 5) is 23.6. The first-order valence-corrected chi connectivity index (χ1v) is 7.16. The summed E-state index contributed by atoms with van der Waals surface area (Å²) in [5.41, 5.74) is 0.671. The van der Waals surface area contributed by atoms with E-state index < -0.39 is 0 Å². The number of nitrogens with one attached hydrogen (secondary N) is 1. The Labute approximate surface area is 128 Å². The molecule has 0 saturated carbocycles. The molecule has 0 spiro atoms. The molecule has 3 aromatic rings. The van der Waals surface area contributed by atoms with Crippen LogP contribution in [0.3, 0.4) is 0 Å². The van der Waals surface area contributed by atoms with Crippen molar-refractivity contribution in [3.05, 3.63) is 77.2 Å². The van der Waals surface area contributed by atoms with Gasteiger partial charge in [0.25, 0.3) is 5.56 Å². The summed E-state index contributed by atoms with van der Waals surface area (Å²) < 4.78 is 1.53. The molecule has 0 fully saturated rings. The molecule has 0 saturated heterocycles. The summed E-state index contributed by atoms with van der Waals surface area (Å²) in [6, 6.07) is 18.8. The third-order valence-corrected chi connectivity index (χ3v) is 3.51. The zero-order chi connectivity index (χ0) is 15.4. The molecule has 1 aromatic heterocycles. The van der Waals surface area contributed by atoms with Crippen LogP contribution < -0.4 is 10.9 Å². The Bertz CT molecular complexity index is 868. The zero-order valence-electron chi connectivity index (χ0n) is 12.0. The molecule has 3 rings (SSSR count). The van der Waals surface area contributed by atoms with Gasteiger partial charge in [-0.3, -0.25) is 9.59 Å². The maximum atomic E-state index is 12.0. The van der Waals surface area contributed by atoms with Crippen molar-refractivity contribution >= 4 is 22.4 Å². The van der Waals surface area contributed by atoms with Gasteiger partial charge in [0, 0.05) is 30.9 Å². The van der Waals surface area contributed by atoms with E-state index in [0.717, 1.165) is 16.5 Å². The van der Waals surface area contributed by atoms with Crippen molar-refractivity contribution in [2.75, 3.05) is 5.32 Å². The maximum Gasteiger partial charge on any atom is 0.250 e. The number of rotatable bonds is 4. The monoisotopic (exact) mass is 292 g/mol. The summed E-state index contributed by atoms with van der Waals surface area (Å²) in [5.74, 6) is -0.106. The number of aryl methyl sites for hydroxylation is 1. The summed E-state index contributed by atoms with van der Waals surface area (Å²) >= 11 is 0. The number of hydrogen-bond donors (Lipinski definition) is 1. The SMILES string of the molecule is O=C(CCn1ccccc1=O)Nc1ccc2ccccc2c1. The van der Waals surface area contributed by atoms with Crippen molar-refractivity contribution in [2.45, 2.75) is 13.0 Å². The molecule has 0 unspecified atom stereocenters. The van der Waals surface area contributed by atoms with Crippen molar-refractivity contribution in [1.29, 1.82) is 0 Å². The minimum atomic E-state index is -0.106. The first kappa shape index (κ1) is 14.1. The van der Waals surface area contributed by atoms with E-state index in [1.165, 1.54) is 10.6 Å². The number of aromatic nitrogens is 1. The number of benzene rings is 2. The van der Waals surface area contributed by atoms with Crippen molar-refractivity contribution in [2.24, 2.45) is 0 Å². The van der Waals surface area contributed by atoms with Crippen molar-refractivity contribution in [1.82, 2.24) is 4.57 Å². The molecule has 4 heteroatoms. The van der Waals surface area contributed by atoms with Gasteiger partial charge in [-0.1, -0.05) is 36.4 Å². The molecule has 110 valence electrons. The highest BCUT2D eigenvalue weighted by atomic mass is 16.1. The molecule has 0 bridgehead atoms. The second-order valence-corrected chi connectivity index (χ2v) is 5.09. The van der Waals surface area contributed by atoms with E-state index >= 15 is 0 Å². The fourth-order valence-electron chi connectivity index (χ4n) is 2.36. The van der Waals surface area contributed by atoms with E-state index in [2.05, 4.69) is 5.32 Å². The van der Waals surface area contributed by atoms with Crippen molar-refractivity contribution in [3.63, 3.8) is 0 Å². The van der Waals surface area contributed by atoms with Crippen molar-refractivity contribution in [3.8, 4) is 0 Å². The van der Waals surface area contributed by atoms with Crippen LogP contribution in [0.2, 0.25) is 0 Å². The second-order valence-electron chi connectivity index (χ2n) is 5.09. The minimum Gasteiger partial charge on any atom is -0.326 e. The lowest BCUT2D eigenvalue weighted by molar-refractivity contribution is -0.116. The average molecular weight is 292 g/mol. The van der Waals surface area contributed by atoms with Gasteiger partial charge in [0.15, 0.2) is 0 Å². The van der Waals surface area contributed by atoms with E-state index in [1.807, 2.05) is 42.5 Å². The van der Waals surface area contributed by atoms with Crippen LogP contribution in [0.1, 0.15) is 6.42 Å². The van der Waals surface area contributed by atoms with Gasteiger partial charge < -0.3 is 9.88 Å². The van der Waals surface area contributed by atoms with Gasteiger partial charge in [0.2, 0.25) is 5.91 Å². The van der Waals surface area contributed by atoms with Crippen LogP contribution in [0.25, 0.3) is 10.8 Å². The molecule has 2 aromatic carbocycles. The molecule has 4 nitrogen and oxygen atoms in total. The highest BCUT2D eigenvalue weighted by molar-refractivity contribution is 5.94. The van der Waals surface area contributed by atoms with Crippen molar-refractivity contribution < 1.29 is 4.79 Å². The quantitative estimate of drug-likeness (QED) is 0.803. The highest BCUT2D eigenvalue weighted by Crippen LogP contribution is 2.18. The van der Waals surface area contributed by atoms with Crippen LogP contribution in [0.15, 0.2) is 71.7 Å². The number of amides is 1. The van der Waals surface area contributed by atoms with E-state index in [9.17, 15) is 9.59 Å². The number of anilines is 1. The summed E-state index contributed by atoms with van der Waals surface area (Å²) in [7, 11) is 0. The topological polar surface area (TPSA) is 51.1 Å². The molecule has 0 radical (unpaired) electrons. The van der Waals surface area contributed by atoms with Gasteiger partial charge >= 0.3 is 0 Å². The lowest BCUT2D eigenvalue weighted by atomic mass is 10.1. The number of nitrogens with zero attached hydrogens (tertiary/aromatic N) is 1. The van der Waals surface area contributed by atoms with Gasteiger partial charge in [-0.25, -0.2) is 0 Å². The van der Waals surface area contributed by atoms with Crippen LogP contribution in [-0.2, 0) is 11.3 Å². The van der Waals surface area contributed by atoms with Crippen LogP contribution in [0, 0.1) is 0 Å². The molecule has 0 aliphatic heterocycles. The summed E-state index contributed by atoms with van der Waals surface area (Å²) in [6.07, 6.45) is 1.95. The Morgan fingerprint density at radius 2 is 1.73 bits per heavy atom. The fraction of sp³-hybridized carbons (Fsp3) is 0.111.